The van der Waals surface area contributed by atoms with Gasteiger partial charge in [-0.05, 0) is 37.6 Å². The Morgan fingerprint density at radius 1 is 1.50 bits per heavy atom. The van der Waals surface area contributed by atoms with E-state index >= 15 is 0 Å². The molecule has 1 aromatic rings. The van der Waals surface area contributed by atoms with Crippen molar-refractivity contribution in [3.63, 3.8) is 0 Å². The number of halogens is 1. The van der Waals surface area contributed by atoms with Crippen molar-refractivity contribution in [2.24, 2.45) is 5.92 Å². The standard InChI is InChI=1S/C12H15ClN2O/c13-11-4-2-1-3-10(11)12(16)15-8-9-5-6-14-7-9/h1-4,9,14H,5-8H2,(H,15,16). The van der Waals surface area contributed by atoms with E-state index in [0.717, 1.165) is 26.1 Å². The van der Waals surface area contributed by atoms with E-state index in [1.54, 1.807) is 12.1 Å². The fourth-order valence-corrected chi connectivity index (χ4v) is 2.09. The monoisotopic (exact) mass is 238 g/mol. The zero-order valence-electron chi connectivity index (χ0n) is 9.00. The average Bonchev–Trinajstić information content (AvgIpc) is 2.79. The summed E-state index contributed by atoms with van der Waals surface area (Å²) in [5.74, 6) is 0.462. The lowest BCUT2D eigenvalue weighted by molar-refractivity contribution is 0.0948. The van der Waals surface area contributed by atoms with Crippen molar-refractivity contribution in [1.82, 2.24) is 10.6 Å². The van der Waals surface area contributed by atoms with Crippen molar-refractivity contribution in [2.75, 3.05) is 19.6 Å². The third kappa shape index (κ3) is 2.74. The van der Waals surface area contributed by atoms with Gasteiger partial charge in [0, 0.05) is 6.54 Å². The van der Waals surface area contributed by atoms with Crippen LogP contribution >= 0.6 is 11.6 Å². The zero-order valence-corrected chi connectivity index (χ0v) is 9.76. The summed E-state index contributed by atoms with van der Waals surface area (Å²) in [7, 11) is 0. The smallest absolute Gasteiger partial charge is 0.252 e. The van der Waals surface area contributed by atoms with Crippen LogP contribution in [0.4, 0.5) is 0 Å². The molecule has 1 aliphatic heterocycles. The molecule has 0 saturated carbocycles. The Labute approximate surface area is 100 Å². The first-order chi connectivity index (χ1) is 7.77. The van der Waals surface area contributed by atoms with Gasteiger partial charge in [-0.1, -0.05) is 23.7 Å². The highest BCUT2D eigenvalue weighted by Gasteiger charge is 2.16. The molecule has 3 nitrogen and oxygen atoms in total. The van der Waals surface area contributed by atoms with Crippen LogP contribution in [0.1, 0.15) is 16.8 Å². The van der Waals surface area contributed by atoms with Crippen molar-refractivity contribution in [3.05, 3.63) is 34.9 Å². The second-order valence-electron chi connectivity index (χ2n) is 4.05. The van der Waals surface area contributed by atoms with E-state index in [0.29, 0.717) is 16.5 Å². The second kappa shape index (κ2) is 5.32. The third-order valence-corrected chi connectivity index (χ3v) is 3.16. The minimum atomic E-state index is -0.0856. The van der Waals surface area contributed by atoms with Crippen LogP contribution < -0.4 is 10.6 Å². The van der Waals surface area contributed by atoms with Gasteiger partial charge in [-0.15, -0.1) is 0 Å². The highest BCUT2D eigenvalue weighted by molar-refractivity contribution is 6.33. The lowest BCUT2D eigenvalue weighted by Gasteiger charge is -2.10. The molecule has 1 atom stereocenters. The maximum absolute atomic E-state index is 11.8. The first-order valence-electron chi connectivity index (χ1n) is 5.51. The van der Waals surface area contributed by atoms with Gasteiger partial charge in [-0.3, -0.25) is 4.79 Å². The van der Waals surface area contributed by atoms with E-state index in [1.165, 1.54) is 0 Å². The van der Waals surface area contributed by atoms with E-state index in [9.17, 15) is 4.79 Å². The Morgan fingerprint density at radius 2 is 2.31 bits per heavy atom. The van der Waals surface area contributed by atoms with Crippen molar-refractivity contribution in [3.8, 4) is 0 Å². The van der Waals surface area contributed by atoms with Crippen LogP contribution in [0.15, 0.2) is 24.3 Å². The zero-order chi connectivity index (χ0) is 11.4. The fourth-order valence-electron chi connectivity index (χ4n) is 1.87. The lowest BCUT2D eigenvalue weighted by atomic mass is 10.1. The second-order valence-corrected chi connectivity index (χ2v) is 4.46. The molecule has 1 aliphatic rings. The summed E-state index contributed by atoms with van der Waals surface area (Å²) in [6.07, 6.45) is 1.13. The first kappa shape index (κ1) is 11.4. The van der Waals surface area contributed by atoms with Crippen molar-refractivity contribution >= 4 is 17.5 Å². The van der Waals surface area contributed by atoms with Crippen LogP contribution in [0.3, 0.4) is 0 Å². The molecule has 1 amide bonds. The molecule has 1 saturated heterocycles. The number of hydrogen-bond acceptors (Lipinski definition) is 2. The van der Waals surface area contributed by atoms with E-state index in [4.69, 9.17) is 11.6 Å². The summed E-state index contributed by atoms with van der Waals surface area (Å²) in [5, 5.41) is 6.69. The third-order valence-electron chi connectivity index (χ3n) is 2.83. The Hall–Kier alpha value is -1.06. The van der Waals surface area contributed by atoms with Gasteiger partial charge in [0.05, 0.1) is 10.6 Å². The minimum Gasteiger partial charge on any atom is -0.352 e. The maximum Gasteiger partial charge on any atom is 0.252 e. The Balaban J connectivity index is 1.90. The van der Waals surface area contributed by atoms with Gasteiger partial charge < -0.3 is 10.6 Å². The van der Waals surface area contributed by atoms with E-state index in [1.807, 2.05) is 12.1 Å². The minimum absolute atomic E-state index is 0.0856. The van der Waals surface area contributed by atoms with Gasteiger partial charge in [0.1, 0.15) is 0 Å². The number of amides is 1. The summed E-state index contributed by atoms with van der Waals surface area (Å²) in [5.41, 5.74) is 0.551. The summed E-state index contributed by atoms with van der Waals surface area (Å²) in [6, 6.07) is 7.11. The lowest BCUT2D eigenvalue weighted by Crippen LogP contribution is -2.30. The molecular weight excluding hydrogens is 224 g/mol. The number of nitrogens with one attached hydrogen (secondary N) is 2. The average molecular weight is 239 g/mol. The molecule has 4 heteroatoms. The number of hydrogen-bond donors (Lipinski definition) is 2. The number of carbonyl (C=O) groups is 1. The molecule has 16 heavy (non-hydrogen) atoms. The topological polar surface area (TPSA) is 41.1 Å². The predicted molar refractivity (Wildman–Crippen MR) is 64.8 cm³/mol. The van der Waals surface area contributed by atoms with Gasteiger partial charge >= 0.3 is 0 Å². The van der Waals surface area contributed by atoms with Crippen LogP contribution in [-0.2, 0) is 0 Å². The normalized spacial score (nSPS) is 19.7. The summed E-state index contributed by atoms with van der Waals surface area (Å²) in [6.45, 7) is 2.76. The number of benzene rings is 1. The number of carbonyl (C=O) groups excluding carboxylic acids is 1. The maximum atomic E-state index is 11.8. The van der Waals surface area contributed by atoms with Crippen LogP contribution in [-0.4, -0.2) is 25.5 Å². The summed E-state index contributed by atoms with van der Waals surface area (Å²) >= 11 is 5.94. The van der Waals surface area contributed by atoms with Crippen LogP contribution in [0.5, 0.6) is 0 Å². The molecule has 1 unspecified atom stereocenters. The molecule has 0 aromatic heterocycles. The SMILES string of the molecule is O=C(NCC1CCNC1)c1ccccc1Cl. The van der Waals surface area contributed by atoms with E-state index in [-0.39, 0.29) is 5.91 Å². The molecule has 2 N–H and O–H groups in total. The summed E-state index contributed by atoms with van der Waals surface area (Å²) in [4.78, 5) is 11.8. The van der Waals surface area contributed by atoms with Gasteiger partial charge in [-0.25, -0.2) is 0 Å². The quantitative estimate of drug-likeness (QED) is 0.841. The molecule has 0 radical (unpaired) electrons. The molecular formula is C12H15ClN2O. The molecule has 2 rings (SSSR count). The number of rotatable bonds is 3. The van der Waals surface area contributed by atoms with Crippen LogP contribution in [0, 0.1) is 5.92 Å². The first-order valence-corrected chi connectivity index (χ1v) is 5.88. The molecule has 1 fully saturated rings. The van der Waals surface area contributed by atoms with Crippen LogP contribution in [0.2, 0.25) is 5.02 Å². The van der Waals surface area contributed by atoms with Gasteiger partial charge in [0.15, 0.2) is 0 Å². The fraction of sp³-hybridized carbons (Fsp3) is 0.417. The Kier molecular flexibility index (Phi) is 3.80. The van der Waals surface area contributed by atoms with Gasteiger partial charge in [0.25, 0.3) is 5.91 Å². The molecule has 0 spiro atoms. The molecule has 1 heterocycles. The molecule has 0 aliphatic carbocycles. The van der Waals surface area contributed by atoms with Crippen molar-refractivity contribution < 1.29 is 4.79 Å². The van der Waals surface area contributed by atoms with Crippen LogP contribution in [0.25, 0.3) is 0 Å². The summed E-state index contributed by atoms with van der Waals surface area (Å²) < 4.78 is 0. The molecule has 0 bridgehead atoms. The Morgan fingerprint density at radius 3 is 3.00 bits per heavy atom. The molecule has 1 aromatic carbocycles. The van der Waals surface area contributed by atoms with Gasteiger partial charge in [-0.2, -0.15) is 0 Å². The largest absolute Gasteiger partial charge is 0.352 e. The van der Waals surface area contributed by atoms with Crippen molar-refractivity contribution in [2.45, 2.75) is 6.42 Å². The van der Waals surface area contributed by atoms with Gasteiger partial charge in [0.2, 0.25) is 0 Å². The molecule has 86 valence electrons. The van der Waals surface area contributed by atoms with Crippen molar-refractivity contribution in [1.29, 1.82) is 0 Å². The Bertz CT molecular complexity index is 375. The van der Waals surface area contributed by atoms with E-state index in [2.05, 4.69) is 10.6 Å². The predicted octanol–water partition coefficient (Wildman–Crippen LogP) is 1.68. The highest BCUT2D eigenvalue weighted by atomic mass is 35.5. The van der Waals surface area contributed by atoms with E-state index < -0.39 is 0 Å². The highest BCUT2D eigenvalue weighted by Crippen LogP contribution is 2.14.